The van der Waals surface area contributed by atoms with Gasteiger partial charge in [0.2, 0.25) is 15.9 Å². The molecule has 13 heteroatoms. The third kappa shape index (κ3) is 6.03. The zero-order valence-electron chi connectivity index (χ0n) is 19.1. The molecule has 0 unspecified atom stereocenters. The maximum absolute atomic E-state index is 14.7. The van der Waals surface area contributed by atoms with Crippen molar-refractivity contribution in [2.75, 3.05) is 19.6 Å². The van der Waals surface area contributed by atoms with E-state index in [2.05, 4.69) is 0 Å². The zero-order valence-corrected chi connectivity index (χ0v) is 19.9. The second kappa shape index (κ2) is 9.74. The van der Waals surface area contributed by atoms with E-state index in [9.17, 15) is 31.2 Å². The van der Waals surface area contributed by atoms with Crippen molar-refractivity contribution < 1.29 is 40.7 Å². The molecular formula is C22H24F3N3O6S. The van der Waals surface area contributed by atoms with Crippen LogP contribution in [0.5, 0.6) is 11.5 Å². The third-order valence-electron chi connectivity index (χ3n) is 4.92. The number of halogens is 3. The van der Waals surface area contributed by atoms with Crippen LogP contribution in [-0.2, 0) is 19.6 Å². The quantitative estimate of drug-likeness (QED) is 0.654. The molecule has 9 nitrogen and oxygen atoms in total. The van der Waals surface area contributed by atoms with Crippen molar-refractivity contribution in [1.82, 2.24) is 9.21 Å². The molecule has 0 spiro atoms. The molecule has 1 aliphatic rings. The van der Waals surface area contributed by atoms with Gasteiger partial charge in [0.15, 0.2) is 17.4 Å². The number of carbonyl (C=O) groups excluding carboxylic acids is 2. The lowest BCUT2D eigenvalue weighted by Crippen LogP contribution is -2.61. The van der Waals surface area contributed by atoms with Crippen LogP contribution in [0.3, 0.4) is 0 Å². The Kier molecular flexibility index (Phi) is 7.31. The lowest BCUT2D eigenvalue weighted by Gasteiger charge is -2.39. The number of amides is 2. The smallest absolute Gasteiger partial charge is 0.410 e. The highest BCUT2D eigenvalue weighted by Crippen LogP contribution is 2.32. The lowest BCUT2D eigenvalue weighted by atomic mass is 10.2. The number of benzene rings is 2. The predicted octanol–water partition coefficient (Wildman–Crippen LogP) is 2.99. The normalized spacial score (nSPS) is 17.2. The Morgan fingerprint density at radius 1 is 1.03 bits per heavy atom. The van der Waals surface area contributed by atoms with Crippen molar-refractivity contribution in [3.05, 3.63) is 53.8 Å². The summed E-state index contributed by atoms with van der Waals surface area (Å²) < 4.78 is 79.8. The molecule has 3 rings (SSSR count). The first-order valence-corrected chi connectivity index (χ1v) is 11.8. The summed E-state index contributed by atoms with van der Waals surface area (Å²) in [7, 11) is -4.61. The first-order valence-electron chi connectivity index (χ1n) is 10.4. The fourth-order valence-corrected chi connectivity index (χ4v) is 4.92. The van der Waals surface area contributed by atoms with Gasteiger partial charge < -0.3 is 20.1 Å². The van der Waals surface area contributed by atoms with E-state index in [0.717, 1.165) is 29.2 Å². The van der Waals surface area contributed by atoms with Gasteiger partial charge in [-0.25, -0.2) is 26.4 Å². The first kappa shape index (κ1) is 26.3. The standard InChI is InChI=1S/C22H24F3N3O6S/c1-22(2,3)34-21(30)27-8-9-28(18(12-27)20(26)29)35(31,32)15-10-16(24)19(17(25)11-15)33-14-6-4-13(23)5-7-14/h4-7,10-11,18H,8-9,12H2,1-3H3,(H2,26,29)/t18-/m1/s1. The van der Waals surface area contributed by atoms with Crippen molar-refractivity contribution >= 4 is 22.0 Å². The van der Waals surface area contributed by atoms with Gasteiger partial charge in [-0.15, -0.1) is 0 Å². The fourth-order valence-electron chi connectivity index (χ4n) is 3.32. The van der Waals surface area contributed by atoms with E-state index in [1.54, 1.807) is 20.8 Å². The molecule has 1 fully saturated rings. The number of carbonyl (C=O) groups is 2. The van der Waals surface area contributed by atoms with Crippen LogP contribution >= 0.6 is 0 Å². The molecule has 0 saturated carbocycles. The number of piperazine rings is 1. The SMILES string of the molecule is CC(C)(C)OC(=O)N1CCN(S(=O)(=O)c2cc(F)c(Oc3ccc(F)cc3)c(F)c2)[C@@H](C(N)=O)C1. The van der Waals surface area contributed by atoms with Gasteiger partial charge in [0, 0.05) is 19.6 Å². The topological polar surface area (TPSA) is 119 Å². The molecule has 190 valence electrons. The van der Waals surface area contributed by atoms with Gasteiger partial charge in [-0.2, -0.15) is 4.31 Å². The summed E-state index contributed by atoms with van der Waals surface area (Å²) in [6.07, 6.45) is -0.764. The number of nitrogens with zero attached hydrogens (tertiary/aromatic N) is 2. The van der Waals surface area contributed by atoms with E-state index >= 15 is 0 Å². The second-order valence-electron chi connectivity index (χ2n) is 8.73. The number of rotatable bonds is 5. The number of nitrogens with two attached hydrogens (primary N) is 1. The Morgan fingerprint density at radius 2 is 1.60 bits per heavy atom. The number of primary amides is 1. The number of hydrogen-bond acceptors (Lipinski definition) is 6. The van der Waals surface area contributed by atoms with Crippen molar-refractivity contribution in [2.45, 2.75) is 37.3 Å². The van der Waals surface area contributed by atoms with Crippen molar-refractivity contribution in [3.63, 3.8) is 0 Å². The maximum Gasteiger partial charge on any atom is 0.410 e. The second-order valence-corrected chi connectivity index (χ2v) is 10.6. The molecule has 1 heterocycles. The van der Waals surface area contributed by atoms with Gasteiger partial charge in [-0.3, -0.25) is 4.79 Å². The van der Waals surface area contributed by atoms with Crippen LogP contribution in [0.15, 0.2) is 41.3 Å². The molecule has 1 saturated heterocycles. The summed E-state index contributed by atoms with van der Waals surface area (Å²) in [4.78, 5) is 24.8. The van der Waals surface area contributed by atoms with Crippen LogP contribution in [0.25, 0.3) is 0 Å². The fraction of sp³-hybridized carbons (Fsp3) is 0.364. The number of ether oxygens (including phenoxy) is 2. The van der Waals surface area contributed by atoms with Crippen LogP contribution in [0, 0.1) is 17.5 Å². The highest BCUT2D eigenvalue weighted by Gasteiger charge is 2.42. The Morgan fingerprint density at radius 3 is 2.11 bits per heavy atom. The van der Waals surface area contributed by atoms with Gasteiger partial charge in [-0.05, 0) is 57.2 Å². The van der Waals surface area contributed by atoms with Crippen LogP contribution in [0.1, 0.15) is 20.8 Å². The van der Waals surface area contributed by atoms with Crippen LogP contribution < -0.4 is 10.5 Å². The van der Waals surface area contributed by atoms with Crippen LogP contribution in [0.4, 0.5) is 18.0 Å². The Bertz CT molecular complexity index is 1210. The monoisotopic (exact) mass is 515 g/mol. The van der Waals surface area contributed by atoms with Gasteiger partial charge in [0.25, 0.3) is 0 Å². The zero-order chi connectivity index (χ0) is 26.1. The van der Waals surface area contributed by atoms with E-state index in [1.807, 2.05) is 0 Å². The maximum atomic E-state index is 14.7. The van der Waals surface area contributed by atoms with Crippen molar-refractivity contribution in [3.8, 4) is 11.5 Å². The molecule has 35 heavy (non-hydrogen) atoms. The molecule has 2 aromatic rings. The molecule has 0 aliphatic carbocycles. The first-order chi connectivity index (χ1) is 16.2. The molecule has 0 bridgehead atoms. The summed E-state index contributed by atoms with van der Waals surface area (Å²) >= 11 is 0. The Labute approximate surface area is 200 Å². The van der Waals surface area contributed by atoms with E-state index in [-0.39, 0.29) is 18.8 Å². The number of hydrogen-bond donors (Lipinski definition) is 1. The third-order valence-corrected chi connectivity index (χ3v) is 6.81. The van der Waals surface area contributed by atoms with E-state index in [0.29, 0.717) is 16.4 Å². The minimum Gasteiger partial charge on any atom is -0.451 e. The predicted molar refractivity (Wildman–Crippen MR) is 118 cm³/mol. The minimum atomic E-state index is -4.61. The molecule has 2 N–H and O–H groups in total. The summed E-state index contributed by atoms with van der Waals surface area (Å²) in [5.41, 5.74) is 4.56. The molecular weight excluding hydrogens is 491 g/mol. The van der Waals surface area contributed by atoms with Gasteiger partial charge in [-0.1, -0.05) is 0 Å². The van der Waals surface area contributed by atoms with Gasteiger partial charge >= 0.3 is 6.09 Å². The lowest BCUT2D eigenvalue weighted by molar-refractivity contribution is -0.123. The van der Waals surface area contributed by atoms with Gasteiger partial charge in [0.05, 0.1) is 4.90 Å². The van der Waals surface area contributed by atoms with E-state index in [1.165, 1.54) is 0 Å². The average molecular weight is 516 g/mol. The van der Waals surface area contributed by atoms with Crippen LogP contribution in [0.2, 0.25) is 0 Å². The minimum absolute atomic E-state index is 0.0770. The van der Waals surface area contributed by atoms with E-state index in [4.69, 9.17) is 15.2 Å². The van der Waals surface area contributed by atoms with E-state index < -0.39 is 68.3 Å². The molecule has 0 aromatic heterocycles. The van der Waals surface area contributed by atoms with Crippen molar-refractivity contribution in [1.29, 1.82) is 0 Å². The van der Waals surface area contributed by atoms with Crippen LogP contribution in [-0.4, -0.2) is 60.9 Å². The summed E-state index contributed by atoms with van der Waals surface area (Å²) in [6.45, 7) is 4.01. The molecule has 0 radical (unpaired) electrons. The largest absolute Gasteiger partial charge is 0.451 e. The van der Waals surface area contributed by atoms with Gasteiger partial charge in [0.1, 0.15) is 23.2 Å². The highest BCUT2D eigenvalue weighted by atomic mass is 32.2. The average Bonchev–Trinajstić information content (AvgIpc) is 2.75. The van der Waals surface area contributed by atoms with Crippen molar-refractivity contribution in [2.24, 2.45) is 5.73 Å². The summed E-state index contributed by atoms with van der Waals surface area (Å²) in [6, 6.07) is 3.89. The summed E-state index contributed by atoms with van der Waals surface area (Å²) in [5.74, 6) is -5.29. The Hall–Kier alpha value is -3.32. The molecule has 1 aliphatic heterocycles. The molecule has 2 aromatic carbocycles. The Balaban J connectivity index is 1.87. The highest BCUT2D eigenvalue weighted by molar-refractivity contribution is 7.89. The molecule has 1 atom stereocenters. The molecule has 2 amide bonds. The number of sulfonamides is 1. The summed E-state index contributed by atoms with van der Waals surface area (Å²) in [5, 5.41) is 0.